The molecule has 2 aromatic carbocycles. The summed E-state index contributed by atoms with van der Waals surface area (Å²) in [6, 6.07) is 10.1. The lowest BCUT2D eigenvalue weighted by Gasteiger charge is -2.14. The number of hydrogen-bond donors (Lipinski definition) is 1. The van der Waals surface area contributed by atoms with Gasteiger partial charge in [-0.15, -0.1) is 0 Å². The van der Waals surface area contributed by atoms with Gasteiger partial charge < -0.3 is 10.5 Å². The van der Waals surface area contributed by atoms with Gasteiger partial charge in [-0.2, -0.15) is 0 Å². The predicted molar refractivity (Wildman–Crippen MR) is 69.0 cm³/mol. The van der Waals surface area contributed by atoms with Crippen molar-refractivity contribution in [2.45, 2.75) is 19.8 Å². The Morgan fingerprint density at radius 1 is 1.06 bits per heavy atom. The second-order valence-corrected chi connectivity index (χ2v) is 4.28. The fourth-order valence-electron chi connectivity index (χ4n) is 2.19. The summed E-state index contributed by atoms with van der Waals surface area (Å²) < 4.78 is 5.36. The van der Waals surface area contributed by atoms with Crippen molar-refractivity contribution in [3.63, 3.8) is 0 Å². The second-order valence-electron chi connectivity index (χ2n) is 4.28. The molecule has 0 fully saturated rings. The van der Waals surface area contributed by atoms with Crippen LogP contribution in [0.5, 0.6) is 5.75 Å². The van der Waals surface area contributed by atoms with Gasteiger partial charge in [0.25, 0.3) is 0 Å². The molecule has 2 nitrogen and oxygen atoms in total. The maximum absolute atomic E-state index is 6.04. The lowest BCUT2D eigenvalue weighted by molar-refractivity contribution is 0.420. The fourth-order valence-corrected chi connectivity index (χ4v) is 2.19. The molecule has 0 saturated heterocycles. The van der Waals surface area contributed by atoms with E-state index in [1.54, 1.807) is 7.11 Å². The van der Waals surface area contributed by atoms with E-state index in [2.05, 4.69) is 19.9 Å². The molecular weight excluding hydrogens is 198 g/mol. The summed E-state index contributed by atoms with van der Waals surface area (Å²) >= 11 is 0. The Kier molecular flexibility index (Phi) is 2.73. The molecule has 0 unspecified atom stereocenters. The number of fused-ring (bicyclic) bond motifs is 1. The number of hydrogen-bond acceptors (Lipinski definition) is 2. The lowest BCUT2D eigenvalue weighted by Crippen LogP contribution is -1.98. The molecule has 0 spiro atoms. The first-order chi connectivity index (χ1) is 7.65. The van der Waals surface area contributed by atoms with E-state index in [1.807, 2.05) is 24.3 Å². The van der Waals surface area contributed by atoms with Gasteiger partial charge in [-0.1, -0.05) is 26.0 Å². The van der Waals surface area contributed by atoms with Crippen LogP contribution in [0.4, 0.5) is 5.69 Å². The molecule has 0 bridgehead atoms. The van der Waals surface area contributed by atoms with Crippen LogP contribution in [0.1, 0.15) is 25.3 Å². The second kappa shape index (κ2) is 4.05. The molecule has 2 heteroatoms. The molecule has 2 aromatic rings. The average molecular weight is 215 g/mol. The summed E-state index contributed by atoms with van der Waals surface area (Å²) in [7, 11) is 1.69. The summed E-state index contributed by atoms with van der Waals surface area (Å²) in [6.45, 7) is 4.31. The third-order valence-corrected chi connectivity index (χ3v) is 2.89. The van der Waals surface area contributed by atoms with Gasteiger partial charge in [-0.3, -0.25) is 0 Å². The monoisotopic (exact) mass is 215 g/mol. The molecule has 2 rings (SSSR count). The van der Waals surface area contributed by atoms with Gasteiger partial charge in [0.1, 0.15) is 5.75 Å². The van der Waals surface area contributed by atoms with Crippen LogP contribution >= 0.6 is 0 Å². The van der Waals surface area contributed by atoms with Gasteiger partial charge in [0, 0.05) is 11.1 Å². The van der Waals surface area contributed by atoms with E-state index < -0.39 is 0 Å². The summed E-state index contributed by atoms with van der Waals surface area (Å²) in [6.07, 6.45) is 0. The van der Waals surface area contributed by atoms with Crippen molar-refractivity contribution in [3.05, 3.63) is 35.9 Å². The van der Waals surface area contributed by atoms with E-state index >= 15 is 0 Å². The standard InChI is InChI=1S/C14H17NO/c1-9(2)14-11-5-4-6-13(16-3)10(11)7-8-12(14)15/h4-9H,15H2,1-3H3. The van der Waals surface area contributed by atoms with Crippen LogP contribution in [0.15, 0.2) is 30.3 Å². The molecule has 0 aliphatic rings. The fraction of sp³-hybridized carbons (Fsp3) is 0.286. The molecular formula is C14H17NO. The molecule has 0 radical (unpaired) electrons. The maximum Gasteiger partial charge on any atom is 0.126 e. The largest absolute Gasteiger partial charge is 0.496 e. The topological polar surface area (TPSA) is 35.2 Å². The normalized spacial score (nSPS) is 11.0. The quantitative estimate of drug-likeness (QED) is 0.777. The van der Waals surface area contributed by atoms with Crippen molar-refractivity contribution in [2.24, 2.45) is 0 Å². The smallest absolute Gasteiger partial charge is 0.126 e. The summed E-state index contributed by atoms with van der Waals surface area (Å²) in [5.74, 6) is 1.32. The van der Waals surface area contributed by atoms with Gasteiger partial charge >= 0.3 is 0 Å². The molecule has 0 aliphatic heterocycles. The molecule has 0 atom stereocenters. The Morgan fingerprint density at radius 3 is 2.44 bits per heavy atom. The number of nitrogens with two attached hydrogens (primary N) is 1. The van der Waals surface area contributed by atoms with E-state index in [0.717, 1.165) is 16.8 Å². The first-order valence-electron chi connectivity index (χ1n) is 5.50. The Labute approximate surface area is 96.0 Å². The third kappa shape index (κ3) is 1.60. The summed E-state index contributed by atoms with van der Waals surface area (Å²) in [4.78, 5) is 0. The minimum Gasteiger partial charge on any atom is -0.496 e. The molecule has 84 valence electrons. The van der Waals surface area contributed by atoms with Crippen molar-refractivity contribution < 1.29 is 4.74 Å². The number of methoxy groups -OCH3 is 1. The average Bonchev–Trinajstić information content (AvgIpc) is 2.27. The van der Waals surface area contributed by atoms with Crippen molar-refractivity contribution in [2.75, 3.05) is 12.8 Å². The predicted octanol–water partition coefficient (Wildman–Crippen LogP) is 3.55. The molecule has 0 amide bonds. The highest BCUT2D eigenvalue weighted by Gasteiger charge is 2.11. The molecule has 0 aliphatic carbocycles. The zero-order valence-corrected chi connectivity index (χ0v) is 9.95. The molecule has 0 heterocycles. The van der Waals surface area contributed by atoms with E-state index in [4.69, 9.17) is 10.5 Å². The number of benzene rings is 2. The van der Waals surface area contributed by atoms with Gasteiger partial charge in [0.05, 0.1) is 7.11 Å². The van der Waals surface area contributed by atoms with Crippen molar-refractivity contribution >= 4 is 16.5 Å². The van der Waals surface area contributed by atoms with Gasteiger partial charge in [0.15, 0.2) is 0 Å². The Morgan fingerprint density at radius 2 is 1.81 bits per heavy atom. The summed E-state index contributed by atoms with van der Waals surface area (Å²) in [5.41, 5.74) is 8.10. The van der Waals surface area contributed by atoms with E-state index in [9.17, 15) is 0 Å². The van der Waals surface area contributed by atoms with Gasteiger partial charge in [-0.05, 0) is 35.1 Å². The Hall–Kier alpha value is -1.70. The van der Waals surface area contributed by atoms with Crippen molar-refractivity contribution in [1.82, 2.24) is 0 Å². The van der Waals surface area contributed by atoms with E-state index in [1.165, 1.54) is 10.9 Å². The minimum atomic E-state index is 0.413. The maximum atomic E-state index is 6.04. The number of ether oxygens (including phenoxy) is 1. The summed E-state index contributed by atoms with van der Waals surface area (Å²) in [5, 5.41) is 2.32. The number of nitrogen functional groups attached to an aromatic ring is 1. The SMILES string of the molecule is COc1cccc2c(C(C)C)c(N)ccc12. The highest BCUT2D eigenvalue weighted by molar-refractivity contribution is 5.94. The minimum absolute atomic E-state index is 0.413. The van der Waals surface area contributed by atoms with Crippen molar-refractivity contribution in [3.8, 4) is 5.75 Å². The number of rotatable bonds is 2. The molecule has 0 aromatic heterocycles. The van der Waals surface area contributed by atoms with Gasteiger partial charge in [0.2, 0.25) is 0 Å². The zero-order chi connectivity index (χ0) is 11.7. The van der Waals surface area contributed by atoms with Gasteiger partial charge in [-0.25, -0.2) is 0 Å². The lowest BCUT2D eigenvalue weighted by atomic mass is 9.94. The number of anilines is 1. The Balaban J connectivity index is 2.83. The van der Waals surface area contributed by atoms with Crippen molar-refractivity contribution in [1.29, 1.82) is 0 Å². The van der Waals surface area contributed by atoms with E-state index in [-0.39, 0.29) is 0 Å². The van der Waals surface area contributed by atoms with Crippen LogP contribution in [-0.4, -0.2) is 7.11 Å². The van der Waals surface area contributed by atoms with E-state index in [0.29, 0.717) is 5.92 Å². The van der Waals surface area contributed by atoms with Crippen LogP contribution in [0, 0.1) is 0 Å². The molecule has 0 saturated carbocycles. The van der Waals surface area contributed by atoms with Crippen LogP contribution in [-0.2, 0) is 0 Å². The first kappa shape index (κ1) is 10.8. The highest BCUT2D eigenvalue weighted by Crippen LogP contribution is 2.34. The highest BCUT2D eigenvalue weighted by atomic mass is 16.5. The van der Waals surface area contributed by atoms with Crippen LogP contribution in [0.3, 0.4) is 0 Å². The van der Waals surface area contributed by atoms with Crippen LogP contribution in [0.2, 0.25) is 0 Å². The Bertz CT molecular complexity index is 517. The first-order valence-corrected chi connectivity index (χ1v) is 5.50. The van der Waals surface area contributed by atoms with Crippen LogP contribution < -0.4 is 10.5 Å². The van der Waals surface area contributed by atoms with Crippen LogP contribution in [0.25, 0.3) is 10.8 Å². The molecule has 2 N–H and O–H groups in total. The molecule has 16 heavy (non-hydrogen) atoms. The zero-order valence-electron chi connectivity index (χ0n) is 9.95. The third-order valence-electron chi connectivity index (χ3n) is 2.89.